The summed E-state index contributed by atoms with van der Waals surface area (Å²) in [5, 5.41) is 0. The van der Waals surface area contributed by atoms with Gasteiger partial charge in [-0.25, -0.2) is 0 Å². The van der Waals surface area contributed by atoms with Crippen LogP contribution in [-0.4, -0.2) is 32.0 Å². The molecule has 2 unspecified atom stereocenters. The van der Waals surface area contributed by atoms with Gasteiger partial charge < -0.3 is 14.2 Å². The molecule has 2 atom stereocenters. The third-order valence-corrected chi connectivity index (χ3v) is 3.41. The van der Waals surface area contributed by atoms with Gasteiger partial charge in [0.1, 0.15) is 11.9 Å². The van der Waals surface area contributed by atoms with Crippen molar-refractivity contribution in [1.82, 2.24) is 0 Å². The van der Waals surface area contributed by atoms with E-state index < -0.39 is 0 Å². The van der Waals surface area contributed by atoms with Crippen molar-refractivity contribution < 1.29 is 14.2 Å². The fraction of sp³-hybridized carbons (Fsp3) is 0.571. The lowest BCUT2D eigenvalue weighted by Gasteiger charge is -2.23. The van der Waals surface area contributed by atoms with E-state index >= 15 is 0 Å². The van der Waals surface area contributed by atoms with Gasteiger partial charge in [-0.05, 0) is 24.5 Å². The van der Waals surface area contributed by atoms with Gasteiger partial charge in [-0.1, -0.05) is 18.2 Å². The lowest BCUT2D eigenvalue weighted by atomic mass is 10.0. The van der Waals surface area contributed by atoms with E-state index in [1.807, 2.05) is 6.07 Å². The van der Waals surface area contributed by atoms with Gasteiger partial charge in [0.05, 0.1) is 25.9 Å². The van der Waals surface area contributed by atoms with Gasteiger partial charge in [0.25, 0.3) is 0 Å². The van der Waals surface area contributed by atoms with Crippen LogP contribution in [0.3, 0.4) is 0 Å². The van der Waals surface area contributed by atoms with Crippen LogP contribution in [0.1, 0.15) is 18.4 Å². The molecule has 1 aromatic carbocycles. The van der Waals surface area contributed by atoms with Gasteiger partial charge in [0.15, 0.2) is 0 Å². The van der Waals surface area contributed by atoms with Crippen LogP contribution in [-0.2, 0) is 15.9 Å². The van der Waals surface area contributed by atoms with Crippen molar-refractivity contribution in [2.75, 3.05) is 19.8 Å². The molecule has 17 heavy (non-hydrogen) atoms. The topological polar surface area (TPSA) is 27.7 Å². The Balaban J connectivity index is 1.48. The molecule has 2 aliphatic rings. The number of para-hydroxylation sites is 1. The molecule has 0 saturated carbocycles. The number of hydrogen-bond donors (Lipinski definition) is 0. The van der Waals surface area contributed by atoms with Crippen molar-refractivity contribution in [2.24, 2.45) is 0 Å². The van der Waals surface area contributed by atoms with Crippen molar-refractivity contribution in [3.8, 4) is 5.75 Å². The Bertz CT molecular complexity index is 346. The lowest BCUT2D eigenvalue weighted by molar-refractivity contribution is -0.0929. The monoisotopic (exact) mass is 234 g/mol. The number of fused-ring (bicyclic) bond motifs is 1. The SMILES string of the molecule is c1ccc2c(c1)CC(CCC1COCCO1)O2. The summed E-state index contributed by atoms with van der Waals surface area (Å²) in [6.45, 7) is 2.21. The maximum Gasteiger partial charge on any atom is 0.123 e. The molecule has 3 nitrogen and oxygen atoms in total. The van der Waals surface area contributed by atoms with E-state index in [9.17, 15) is 0 Å². The number of benzene rings is 1. The smallest absolute Gasteiger partial charge is 0.123 e. The Morgan fingerprint density at radius 3 is 2.76 bits per heavy atom. The van der Waals surface area contributed by atoms with Crippen LogP contribution in [0.15, 0.2) is 24.3 Å². The molecule has 92 valence electrons. The fourth-order valence-corrected chi connectivity index (χ4v) is 2.49. The predicted molar refractivity (Wildman–Crippen MR) is 64.4 cm³/mol. The minimum Gasteiger partial charge on any atom is -0.490 e. The summed E-state index contributed by atoms with van der Waals surface area (Å²) in [4.78, 5) is 0. The molecule has 1 fully saturated rings. The van der Waals surface area contributed by atoms with Crippen LogP contribution < -0.4 is 4.74 Å². The molecule has 0 aliphatic carbocycles. The summed E-state index contributed by atoms with van der Waals surface area (Å²) in [5.74, 6) is 1.05. The standard InChI is InChI=1S/C14H18O3/c1-2-4-14-11(3-1)9-12(17-14)5-6-13-10-15-7-8-16-13/h1-4,12-13H,5-10H2. The Kier molecular flexibility index (Phi) is 3.29. The van der Waals surface area contributed by atoms with Crippen LogP contribution in [0.2, 0.25) is 0 Å². The minimum atomic E-state index is 0.260. The molecule has 0 bridgehead atoms. The first-order valence-corrected chi connectivity index (χ1v) is 6.36. The van der Waals surface area contributed by atoms with E-state index in [0.29, 0.717) is 6.10 Å². The normalized spacial score (nSPS) is 27.5. The summed E-state index contributed by atoms with van der Waals surface area (Å²) in [7, 11) is 0. The van der Waals surface area contributed by atoms with E-state index in [2.05, 4.69) is 18.2 Å². The molecular formula is C14H18O3. The highest BCUT2D eigenvalue weighted by molar-refractivity contribution is 5.37. The molecule has 3 rings (SSSR count). The van der Waals surface area contributed by atoms with E-state index in [1.54, 1.807) is 0 Å². The average molecular weight is 234 g/mol. The summed E-state index contributed by atoms with van der Waals surface area (Å²) in [5.41, 5.74) is 1.33. The second-order valence-corrected chi connectivity index (χ2v) is 4.70. The van der Waals surface area contributed by atoms with Gasteiger partial charge in [0, 0.05) is 6.42 Å². The van der Waals surface area contributed by atoms with Crippen LogP contribution in [0.25, 0.3) is 0 Å². The minimum absolute atomic E-state index is 0.260. The number of hydrogen-bond acceptors (Lipinski definition) is 3. The van der Waals surface area contributed by atoms with Gasteiger partial charge in [-0.2, -0.15) is 0 Å². The van der Waals surface area contributed by atoms with Crippen LogP contribution in [0.5, 0.6) is 5.75 Å². The van der Waals surface area contributed by atoms with Crippen molar-refractivity contribution in [3.05, 3.63) is 29.8 Å². The molecule has 0 amide bonds. The summed E-state index contributed by atoms with van der Waals surface area (Å²) in [6, 6.07) is 8.30. The number of ether oxygens (including phenoxy) is 3. The van der Waals surface area contributed by atoms with E-state index in [-0.39, 0.29) is 6.10 Å². The second-order valence-electron chi connectivity index (χ2n) is 4.70. The Labute approximate surface area is 102 Å². The zero-order valence-corrected chi connectivity index (χ0v) is 9.93. The first-order valence-electron chi connectivity index (χ1n) is 6.36. The molecule has 3 heteroatoms. The molecule has 0 spiro atoms. The summed E-state index contributed by atoms with van der Waals surface area (Å²) in [6.07, 6.45) is 3.68. The van der Waals surface area contributed by atoms with Gasteiger partial charge in [-0.15, -0.1) is 0 Å². The zero-order valence-electron chi connectivity index (χ0n) is 9.93. The van der Waals surface area contributed by atoms with Crippen LogP contribution >= 0.6 is 0 Å². The molecule has 0 radical (unpaired) electrons. The third kappa shape index (κ3) is 2.61. The molecule has 2 aliphatic heterocycles. The van der Waals surface area contributed by atoms with E-state index in [0.717, 1.165) is 44.8 Å². The highest BCUT2D eigenvalue weighted by atomic mass is 16.6. The van der Waals surface area contributed by atoms with Crippen LogP contribution in [0, 0.1) is 0 Å². The molecule has 0 N–H and O–H groups in total. The summed E-state index contributed by atoms with van der Waals surface area (Å²) < 4.78 is 16.9. The molecule has 2 heterocycles. The molecular weight excluding hydrogens is 216 g/mol. The molecule has 1 saturated heterocycles. The van der Waals surface area contributed by atoms with Crippen LogP contribution in [0.4, 0.5) is 0 Å². The van der Waals surface area contributed by atoms with Gasteiger partial charge in [-0.3, -0.25) is 0 Å². The average Bonchev–Trinajstić information content (AvgIpc) is 2.80. The summed E-state index contributed by atoms with van der Waals surface area (Å²) >= 11 is 0. The molecule has 1 aromatic rings. The number of rotatable bonds is 3. The van der Waals surface area contributed by atoms with Gasteiger partial charge >= 0.3 is 0 Å². The van der Waals surface area contributed by atoms with E-state index in [4.69, 9.17) is 14.2 Å². The van der Waals surface area contributed by atoms with Crippen molar-refractivity contribution >= 4 is 0 Å². The molecule has 0 aromatic heterocycles. The predicted octanol–water partition coefficient (Wildman–Crippen LogP) is 2.19. The Morgan fingerprint density at radius 2 is 1.94 bits per heavy atom. The second kappa shape index (κ2) is 5.07. The Morgan fingerprint density at radius 1 is 1.06 bits per heavy atom. The Hall–Kier alpha value is -1.06. The fourth-order valence-electron chi connectivity index (χ4n) is 2.49. The van der Waals surface area contributed by atoms with Crippen molar-refractivity contribution in [1.29, 1.82) is 0 Å². The van der Waals surface area contributed by atoms with Crippen molar-refractivity contribution in [3.63, 3.8) is 0 Å². The van der Waals surface area contributed by atoms with Gasteiger partial charge in [0.2, 0.25) is 0 Å². The lowest BCUT2D eigenvalue weighted by Crippen LogP contribution is -2.30. The highest BCUT2D eigenvalue weighted by Crippen LogP contribution is 2.30. The maximum atomic E-state index is 5.90. The zero-order chi connectivity index (χ0) is 11.5. The largest absolute Gasteiger partial charge is 0.490 e. The highest BCUT2D eigenvalue weighted by Gasteiger charge is 2.24. The first-order chi connectivity index (χ1) is 8.42. The van der Waals surface area contributed by atoms with Crippen molar-refractivity contribution in [2.45, 2.75) is 31.5 Å². The quantitative estimate of drug-likeness (QED) is 0.802. The first kappa shape index (κ1) is 11.1. The van der Waals surface area contributed by atoms with E-state index in [1.165, 1.54) is 5.56 Å². The third-order valence-electron chi connectivity index (χ3n) is 3.41. The maximum absolute atomic E-state index is 5.90.